The van der Waals surface area contributed by atoms with Gasteiger partial charge in [-0.2, -0.15) is 0 Å². The number of hydrogen-bond donors (Lipinski definition) is 0. The van der Waals surface area contributed by atoms with E-state index in [1.165, 1.54) is 0 Å². The lowest BCUT2D eigenvalue weighted by molar-refractivity contribution is 0.370. The van der Waals surface area contributed by atoms with Gasteiger partial charge in [-0.05, 0) is 36.4 Å². The molecule has 0 amide bonds. The monoisotopic (exact) mass is 286 g/mol. The van der Waals surface area contributed by atoms with Crippen LogP contribution in [0.2, 0.25) is 0 Å². The summed E-state index contributed by atoms with van der Waals surface area (Å²) in [5, 5.41) is 0. The molecule has 1 nitrogen and oxygen atoms in total. The third-order valence-electron chi connectivity index (χ3n) is 2.13. The molecule has 0 saturated heterocycles. The summed E-state index contributed by atoms with van der Waals surface area (Å²) in [6, 6.07) is 17.6. The fourth-order valence-electron chi connectivity index (χ4n) is 1.31. The molecule has 0 aliphatic rings. The number of benzene rings is 2. The van der Waals surface area contributed by atoms with E-state index in [1.54, 1.807) is 0 Å². The van der Waals surface area contributed by atoms with Crippen LogP contribution in [-0.4, -0.2) is 6.61 Å². The van der Waals surface area contributed by atoms with Crippen molar-refractivity contribution < 1.29 is 4.74 Å². The molecule has 2 heteroatoms. The first-order chi connectivity index (χ1) is 8.34. The number of ether oxygens (including phenoxy) is 1. The molecular weight excluding hydrogens is 276 g/mol. The lowest BCUT2D eigenvalue weighted by atomic mass is 10.2. The Bertz CT molecular complexity index is 520. The van der Waals surface area contributed by atoms with Gasteiger partial charge in [-0.15, -0.1) is 0 Å². The Balaban J connectivity index is 1.88. The van der Waals surface area contributed by atoms with E-state index in [1.807, 2.05) is 54.6 Å². The van der Waals surface area contributed by atoms with Gasteiger partial charge >= 0.3 is 0 Å². The molecule has 17 heavy (non-hydrogen) atoms. The van der Waals surface area contributed by atoms with E-state index in [4.69, 9.17) is 4.74 Å². The molecule has 2 aromatic rings. The molecule has 84 valence electrons. The third kappa shape index (κ3) is 3.97. The van der Waals surface area contributed by atoms with Gasteiger partial charge in [-0.1, -0.05) is 46.0 Å². The predicted molar refractivity (Wildman–Crippen MR) is 73.0 cm³/mol. The summed E-state index contributed by atoms with van der Waals surface area (Å²) in [5.74, 6) is 6.85. The minimum absolute atomic E-state index is 0.399. The van der Waals surface area contributed by atoms with Crippen molar-refractivity contribution in [1.82, 2.24) is 0 Å². The fourth-order valence-corrected chi connectivity index (χ4v) is 1.57. The molecule has 0 heterocycles. The van der Waals surface area contributed by atoms with Crippen LogP contribution in [0, 0.1) is 11.8 Å². The summed E-state index contributed by atoms with van der Waals surface area (Å²) in [7, 11) is 0. The molecule has 0 aromatic heterocycles. The van der Waals surface area contributed by atoms with Crippen molar-refractivity contribution in [2.75, 3.05) is 6.61 Å². The van der Waals surface area contributed by atoms with Crippen LogP contribution in [-0.2, 0) is 0 Å². The number of rotatable bonds is 2. The summed E-state index contributed by atoms with van der Waals surface area (Å²) in [6.07, 6.45) is 0. The van der Waals surface area contributed by atoms with E-state index in [0.29, 0.717) is 6.61 Å². The SMILES string of the molecule is Brc1ccc(OCC#Cc2ccccc2)cc1. The van der Waals surface area contributed by atoms with E-state index >= 15 is 0 Å². The molecule has 2 aromatic carbocycles. The smallest absolute Gasteiger partial charge is 0.149 e. The normalized spacial score (nSPS) is 9.24. The Hall–Kier alpha value is -1.72. The second-order valence-corrected chi connectivity index (χ2v) is 4.33. The quantitative estimate of drug-likeness (QED) is 0.762. The van der Waals surface area contributed by atoms with Crippen molar-refractivity contribution in [3.8, 4) is 17.6 Å². The van der Waals surface area contributed by atoms with E-state index in [0.717, 1.165) is 15.8 Å². The minimum Gasteiger partial charge on any atom is -0.481 e. The Morgan fingerprint density at radius 3 is 2.35 bits per heavy atom. The molecule has 2 rings (SSSR count). The van der Waals surface area contributed by atoms with Crippen LogP contribution < -0.4 is 4.74 Å². The van der Waals surface area contributed by atoms with Crippen molar-refractivity contribution in [2.24, 2.45) is 0 Å². The van der Waals surface area contributed by atoms with Crippen LogP contribution in [0.25, 0.3) is 0 Å². The van der Waals surface area contributed by atoms with Crippen molar-refractivity contribution in [1.29, 1.82) is 0 Å². The van der Waals surface area contributed by atoms with E-state index in [-0.39, 0.29) is 0 Å². The van der Waals surface area contributed by atoms with Gasteiger partial charge in [0.05, 0.1) is 0 Å². The Labute approximate surface area is 110 Å². The second-order valence-electron chi connectivity index (χ2n) is 3.41. The zero-order valence-corrected chi connectivity index (χ0v) is 10.8. The summed E-state index contributed by atoms with van der Waals surface area (Å²) in [4.78, 5) is 0. The second kappa shape index (κ2) is 6.12. The van der Waals surface area contributed by atoms with Crippen LogP contribution >= 0.6 is 15.9 Å². The average molecular weight is 287 g/mol. The first kappa shape index (κ1) is 11.8. The van der Waals surface area contributed by atoms with Gasteiger partial charge in [-0.3, -0.25) is 0 Å². The molecule has 0 fully saturated rings. The summed E-state index contributed by atoms with van der Waals surface area (Å²) < 4.78 is 6.53. The van der Waals surface area contributed by atoms with Crippen molar-refractivity contribution in [3.05, 3.63) is 64.6 Å². The topological polar surface area (TPSA) is 9.23 Å². The molecule has 0 aliphatic heterocycles. The minimum atomic E-state index is 0.399. The standard InChI is InChI=1S/C15H11BrO/c16-14-8-10-15(11-9-14)17-12-4-7-13-5-2-1-3-6-13/h1-3,5-6,8-11H,12H2. The molecule has 0 unspecified atom stereocenters. The number of hydrogen-bond acceptors (Lipinski definition) is 1. The maximum atomic E-state index is 5.49. The highest BCUT2D eigenvalue weighted by molar-refractivity contribution is 9.10. The van der Waals surface area contributed by atoms with Gasteiger partial charge in [0.15, 0.2) is 0 Å². The zero-order valence-electron chi connectivity index (χ0n) is 9.19. The van der Waals surface area contributed by atoms with Crippen LogP contribution in [0.15, 0.2) is 59.1 Å². The summed E-state index contributed by atoms with van der Waals surface area (Å²) in [5.41, 5.74) is 1.01. The molecule has 0 atom stereocenters. The van der Waals surface area contributed by atoms with Crippen LogP contribution in [0.1, 0.15) is 5.56 Å². The Morgan fingerprint density at radius 1 is 0.941 bits per heavy atom. The van der Waals surface area contributed by atoms with Crippen molar-refractivity contribution in [3.63, 3.8) is 0 Å². The summed E-state index contributed by atoms with van der Waals surface area (Å²) >= 11 is 3.37. The molecule has 0 saturated carbocycles. The Kier molecular flexibility index (Phi) is 4.23. The van der Waals surface area contributed by atoms with Gasteiger partial charge in [0.1, 0.15) is 12.4 Å². The van der Waals surface area contributed by atoms with Crippen molar-refractivity contribution >= 4 is 15.9 Å². The van der Waals surface area contributed by atoms with E-state index < -0.39 is 0 Å². The highest BCUT2D eigenvalue weighted by atomic mass is 79.9. The van der Waals surface area contributed by atoms with Gasteiger partial charge in [0, 0.05) is 10.0 Å². The predicted octanol–water partition coefficient (Wildman–Crippen LogP) is 3.88. The zero-order chi connectivity index (χ0) is 11.9. The lowest BCUT2D eigenvalue weighted by Gasteiger charge is -2.00. The Morgan fingerprint density at radius 2 is 1.65 bits per heavy atom. The fraction of sp³-hybridized carbons (Fsp3) is 0.0667. The molecule has 0 radical (unpaired) electrons. The van der Waals surface area contributed by atoms with Gasteiger partial charge < -0.3 is 4.74 Å². The van der Waals surface area contributed by atoms with Crippen LogP contribution in [0.3, 0.4) is 0 Å². The molecule has 0 N–H and O–H groups in total. The van der Waals surface area contributed by atoms with Gasteiger partial charge in [0.25, 0.3) is 0 Å². The molecule has 0 spiro atoms. The van der Waals surface area contributed by atoms with Gasteiger partial charge in [-0.25, -0.2) is 0 Å². The van der Waals surface area contributed by atoms with Crippen LogP contribution in [0.4, 0.5) is 0 Å². The third-order valence-corrected chi connectivity index (χ3v) is 2.66. The first-order valence-electron chi connectivity index (χ1n) is 5.27. The highest BCUT2D eigenvalue weighted by Crippen LogP contribution is 2.15. The number of halogens is 1. The van der Waals surface area contributed by atoms with Crippen molar-refractivity contribution in [2.45, 2.75) is 0 Å². The maximum Gasteiger partial charge on any atom is 0.149 e. The van der Waals surface area contributed by atoms with E-state index in [9.17, 15) is 0 Å². The van der Waals surface area contributed by atoms with Crippen LogP contribution in [0.5, 0.6) is 5.75 Å². The van der Waals surface area contributed by atoms with E-state index in [2.05, 4.69) is 27.8 Å². The molecule has 0 aliphatic carbocycles. The molecular formula is C15H11BrO. The molecule has 0 bridgehead atoms. The highest BCUT2D eigenvalue weighted by Gasteiger charge is 1.90. The summed E-state index contributed by atoms with van der Waals surface area (Å²) in [6.45, 7) is 0.399. The lowest BCUT2D eigenvalue weighted by Crippen LogP contribution is -1.93. The average Bonchev–Trinajstić information content (AvgIpc) is 2.38. The first-order valence-corrected chi connectivity index (χ1v) is 6.06. The largest absolute Gasteiger partial charge is 0.481 e. The maximum absolute atomic E-state index is 5.49. The van der Waals surface area contributed by atoms with Gasteiger partial charge in [0.2, 0.25) is 0 Å².